The van der Waals surface area contributed by atoms with Crippen LogP contribution >= 0.6 is 11.3 Å². The molecule has 0 radical (unpaired) electrons. The van der Waals surface area contributed by atoms with Crippen LogP contribution in [0.3, 0.4) is 0 Å². The minimum Gasteiger partial charge on any atom is -0.292 e. The molecule has 0 fully saturated rings. The number of nitriles is 1. The molecule has 0 amide bonds. The number of carbonyl (C=O) groups is 1. The maximum Gasteiger partial charge on any atom is 0.190 e. The number of aromatic nitrogens is 3. The van der Waals surface area contributed by atoms with Gasteiger partial charge in [-0.3, -0.25) is 4.79 Å². The predicted molar refractivity (Wildman–Crippen MR) is 87.8 cm³/mol. The Bertz CT molecular complexity index is 889. The lowest BCUT2D eigenvalue weighted by Gasteiger charge is -2.06. The number of hydrogen-bond donors (Lipinski definition) is 0. The van der Waals surface area contributed by atoms with Crippen molar-refractivity contribution in [3.63, 3.8) is 0 Å². The van der Waals surface area contributed by atoms with Crippen LogP contribution in [0.4, 0.5) is 0 Å². The van der Waals surface area contributed by atoms with Crippen molar-refractivity contribution in [2.75, 3.05) is 0 Å². The first-order chi connectivity index (χ1) is 11.1. The fraction of sp³-hybridized carbons (Fsp3) is 0.176. The van der Waals surface area contributed by atoms with Gasteiger partial charge >= 0.3 is 0 Å². The number of para-hydroxylation sites is 1. The van der Waals surface area contributed by atoms with Crippen molar-refractivity contribution in [2.24, 2.45) is 0 Å². The first-order valence-electron chi connectivity index (χ1n) is 7.07. The summed E-state index contributed by atoms with van der Waals surface area (Å²) in [5.41, 5.74) is 2.86. The van der Waals surface area contributed by atoms with E-state index < -0.39 is 5.92 Å². The monoisotopic (exact) mass is 322 g/mol. The lowest BCUT2D eigenvalue weighted by Crippen LogP contribution is -2.12. The summed E-state index contributed by atoms with van der Waals surface area (Å²) in [7, 11) is 0. The number of thiazole rings is 1. The summed E-state index contributed by atoms with van der Waals surface area (Å²) in [4.78, 5) is 17.0. The second-order valence-corrected chi connectivity index (χ2v) is 6.03. The Balaban J connectivity index is 1.97. The average molecular weight is 322 g/mol. The van der Waals surface area contributed by atoms with Gasteiger partial charge < -0.3 is 0 Å². The largest absolute Gasteiger partial charge is 0.292 e. The van der Waals surface area contributed by atoms with Gasteiger partial charge in [0.1, 0.15) is 5.01 Å². The lowest BCUT2D eigenvalue weighted by molar-refractivity contribution is 0.0978. The van der Waals surface area contributed by atoms with Gasteiger partial charge in [0.15, 0.2) is 11.7 Å². The molecule has 23 heavy (non-hydrogen) atoms. The summed E-state index contributed by atoms with van der Waals surface area (Å²) in [6, 6.07) is 11.6. The van der Waals surface area contributed by atoms with E-state index in [2.05, 4.69) is 16.2 Å². The Labute approximate surface area is 137 Å². The van der Waals surface area contributed by atoms with Crippen LogP contribution in [0.5, 0.6) is 0 Å². The molecular weight excluding hydrogens is 308 g/mol. The van der Waals surface area contributed by atoms with Crippen LogP contribution in [0.2, 0.25) is 0 Å². The fourth-order valence-corrected chi connectivity index (χ4v) is 3.20. The summed E-state index contributed by atoms with van der Waals surface area (Å²) in [5, 5.41) is 16.1. The van der Waals surface area contributed by atoms with Crippen LogP contribution in [-0.4, -0.2) is 20.5 Å². The molecular formula is C17H14N4OS. The van der Waals surface area contributed by atoms with Crippen LogP contribution < -0.4 is 0 Å². The molecule has 2 heterocycles. The van der Waals surface area contributed by atoms with Crippen LogP contribution in [0.25, 0.3) is 5.69 Å². The van der Waals surface area contributed by atoms with Gasteiger partial charge in [-0.2, -0.15) is 10.4 Å². The van der Waals surface area contributed by atoms with Crippen molar-refractivity contribution in [3.05, 3.63) is 63.9 Å². The normalized spacial score (nSPS) is 11.9. The first kappa shape index (κ1) is 15.1. The highest BCUT2D eigenvalue weighted by molar-refractivity contribution is 7.10. The van der Waals surface area contributed by atoms with Crippen LogP contribution in [0.1, 0.15) is 32.7 Å². The van der Waals surface area contributed by atoms with E-state index in [1.165, 1.54) is 17.5 Å². The van der Waals surface area contributed by atoms with Crippen LogP contribution in [-0.2, 0) is 0 Å². The summed E-state index contributed by atoms with van der Waals surface area (Å²) in [5.74, 6) is -1.15. The molecule has 0 spiro atoms. The third-order valence-corrected chi connectivity index (χ3v) is 4.58. The van der Waals surface area contributed by atoms with Gasteiger partial charge in [0.2, 0.25) is 0 Å². The Morgan fingerprint density at radius 2 is 2.04 bits per heavy atom. The Kier molecular flexibility index (Phi) is 4.04. The Hall–Kier alpha value is -2.78. The molecule has 0 saturated heterocycles. The average Bonchev–Trinajstić information content (AvgIpc) is 3.15. The number of hydrogen-bond acceptors (Lipinski definition) is 5. The van der Waals surface area contributed by atoms with Crippen molar-refractivity contribution in [1.82, 2.24) is 14.8 Å². The minimum absolute atomic E-state index is 0.262. The van der Waals surface area contributed by atoms with E-state index in [1.807, 2.05) is 49.6 Å². The zero-order valence-corrected chi connectivity index (χ0v) is 13.5. The maximum atomic E-state index is 12.7. The highest BCUT2D eigenvalue weighted by Crippen LogP contribution is 2.25. The third-order valence-electron chi connectivity index (χ3n) is 3.55. The summed E-state index contributed by atoms with van der Waals surface area (Å²) in [6.07, 6.45) is 1.52. The SMILES string of the molecule is Cc1csc(C(C#N)C(=O)c2cnn(-c3ccccc3)c2C)n1. The highest BCUT2D eigenvalue weighted by Gasteiger charge is 2.27. The number of nitrogens with zero attached hydrogens (tertiary/aromatic N) is 4. The maximum absolute atomic E-state index is 12.7. The van der Waals surface area contributed by atoms with E-state index in [1.54, 1.807) is 4.68 Å². The summed E-state index contributed by atoms with van der Waals surface area (Å²) < 4.78 is 1.70. The van der Waals surface area contributed by atoms with Gasteiger partial charge in [0.05, 0.1) is 29.2 Å². The quantitative estimate of drug-likeness (QED) is 0.690. The molecule has 0 saturated carbocycles. The molecule has 0 aliphatic carbocycles. The van der Waals surface area contributed by atoms with Crippen molar-refractivity contribution in [1.29, 1.82) is 5.26 Å². The number of ketones is 1. The van der Waals surface area contributed by atoms with Gasteiger partial charge in [0, 0.05) is 11.1 Å². The van der Waals surface area contributed by atoms with Crippen molar-refractivity contribution >= 4 is 17.1 Å². The van der Waals surface area contributed by atoms with Crippen molar-refractivity contribution in [2.45, 2.75) is 19.8 Å². The number of Topliss-reactive ketones (excluding diaryl/α,β-unsaturated/α-hetero) is 1. The van der Waals surface area contributed by atoms with Crippen LogP contribution in [0, 0.1) is 25.2 Å². The molecule has 3 rings (SSSR count). The van der Waals surface area contributed by atoms with Gasteiger partial charge in [-0.1, -0.05) is 18.2 Å². The van der Waals surface area contributed by atoms with Crippen molar-refractivity contribution < 1.29 is 4.79 Å². The van der Waals surface area contributed by atoms with Crippen molar-refractivity contribution in [3.8, 4) is 11.8 Å². The number of carbonyl (C=O) groups excluding carboxylic acids is 1. The molecule has 2 aromatic heterocycles. The van der Waals surface area contributed by atoms with Gasteiger partial charge in [-0.05, 0) is 26.0 Å². The molecule has 0 aliphatic heterocycles. The van der Waals surface area contributed by atoms with Gasteiger partial charge in [-0.15, -0.1) is 11.3 Å². The molecule has 114 valence electrons. The van der Waals surface area contributed by atoms with E-state index >= 15 is 0 Å². The molecule has 3 aromatic rings. The third kappa shape index (κ3) is 2.79. The van der Waals surface area contributed by atoms with E-state index in [0.29, 0.717) is 10.6 Å². The summed E-state index contributed by atoms with van der Waals surface area (Å²) >= 11 is 1.33. The second kappa shape index (κ2) is 6.15. The second-order valence-electron chi connectivity index (χ2n) is 5.14. The highest BCUT2D eigenvalue weighted by atomic mass is 32.1. The van der Waals surface area contributed by atoms with Crippen LogP contribution in [0.15, 0.2) is 41.9 Å². The number of rotatable bonds is 4. The minimum atomic E-state index is -0.888. The smallest absolute Gasteiger partial charge is 0.190 e. The molecule has 0 aliphatic rings. The molecule has 1 unspecified atom stereocenters. The zero-order valence-electron chi connectivity index (χ0n) is 12.7. The Morgan fingerprint density at radius 3 is 2.65 bits per heavy atom. The molecule has 0 bridgehead atoms. The number of aryl methyl sites for hydroxylation is 1. The summed E-state index contributed by atoms with van der Waals surface area (Å²) in [6.45, 7) is 3.67. The zero-order chi connectivity index (χ0) is 16.4. The predicted octanol–water partition coefficient (Wildman–Crippen LogP) is 3.44. The first-order valence-corrected chi connectivity index (χ1v) is 7.95. The molecule has 6 heteroatoms. The van der Waals surface area contributed by atoms with Gasteiger partial charge in [0.25, 0.3) is 0 Å². The standard InChI is InChI=1S/C17H14N4OS/c1-11-10-23-17(20-11)14(8-18)16(22)15-9-19-21(12(15)2)13-6-4-3-5-7-13/h3-7,9-10,14H,1-2H3. The number of benzene rings is 1. The van der Waals surface area contributed by atoms with E-state index in [0.717, 1.165) is 17.1 Å². The molecule has 1 atom stereocenters. The molecule has 1 aromatic carbocycles. The fourth-order valence-electron chi connectivity index (χ4n) is 2.37. The topological polar surface area (TPSA) is 71.6 Å². The van der Waals surface area contributed by atoms with Gasteiger partial charge in [-0.25, -0.2) is 9.67 Å². The Morgan fingerprint density at radius 1 is 1.30 bits per heavy atom. The van der Waals surface area contributed by atoms with E-state index in [4.69, 9.17) is 0 Å². The van der Waals surface area contributed by atoms with E-state index in [9.17, 15) is 10.1 Å². The molecule has 0 N–H and O–H groups in total. The molecule has 5 nitrogen and oxygen atoms in total. The lowest BCUT2D eigenvalue weighted by atomic mass is 10.00. The van der Waals surface area contributed by atoms with E-state index in [-0.39, 0.29) is 5.78 Å².